The van der Waals surface area contributed by atoms with E-state index < -0.39 is 0 Å². The summed E-state index contributed by atoms with van der Waals surface area (Å²) in [5.74, 6) is 0.00296. The number of nitrogens with one attached hydrogen (secondary N) is 3. The van der Waals surface area contributed by atoms with E-state index in [4.69, 9.17) is 4.74 Å². The molecule has 2 rings (SSSR count). The number of methoxy groups -OCH3 is 1. The molecule has 0 saturated heterocycles. The largest absolute Gasteiger partial charge is 0.383 e. The lowest BCUT2D eigenvalue weighted by molar-refractivity contribution is -0.124. The van der Waals surface area contributed by atoms with Crippen molar-refractivity contribution < 1.29 is 9.53 Å². The van der Waals surface area contributed by atoms with Crippen molar-refractivity contribution in [3.05, 3.63) is 17.7 Å². The molecule has 0 spiro atoms. The van der Waals surface area contributed by atoms with Crippen molar-refractivity contribution in [2.24, 2.45) is 0 Å². The third kappa shape index (κ3) is 2.83. The number of rotatable bonds is 4. The Kier molecular flexibility index (Phi) is 3.75. The number of nitrogens with zero attached hydrogens (tertiary/aromatic N) is 1. The molecule has 2 heterocycles. The number of fused-ring (bicyclic) bond motifs is 1. The molecule has 3 N–H and O–H groups in total. The van der Waals surface area contributed by atoms with Crippen molar-refractivity contribution in [1.29, 1.82) is 0 Å². The maximum absolute atomic E-state index is 11.9. The zero-order valence-electron chi connectivity index (χ0n) is 10.1. The first-order valence-corrected chi connectivity index (χ1v) is 5.74. The molecule has 1 aliphatic rings. The maximum atomic E-state index is 11.9. The van der Waals surface area contributed by atoms with Gasteiger partial charge in [-0.2, -0.15) is 0 Å². The van der Waals surface area contributed by atoms with Crippen molar-refractivity contribution >= 4 is 5.91 Å². The number of H-pyrrole nitrogens is 1. The van der Waals surface area contributed by atoms with Gasteiger partial charge in [0.2, 0.25) is 5.91 Å². The van der Waals surface area contributed by atoms with Crippen LogP contribution >= 0.6 is 0 Å². The predicted octanol–water partition coefficient (Wildman–Crippen LogP) is -0.425. The fourth-order valence-corrected chi connectivity index (χ4v) is 1.99. The van der Waals surface area contributed by atoms with E-state index in [1.54, 1.807) is 13.4 Å². The normalized spacial score (nSPS) is 20.7. The van der Waals surface area contributed by atoms with Gasteiger partial charge in [-0.3, -0.25) is 10.1 Å². The van der Waals surface area contributed by atoms with Crippen molar-refractivity contribution in [3.63, 3.8) is 0 Å². The molecule has 1 aromatic rings. The maximum Gasteiger partial charge on any atom is 0.237 e. The third-order valence-electron chi connectivity index (χ3n) is 2.85. The third-order valence-corrected chi connectivity index (χ3v) is 2.85. The molecule has 1 aliphatic heterocycles. The van der Waals surface area contributed by atoms with Crippen molar-refractivity contribution in [3.8, 4) is 0 Å². The summed E-state index contributed by atoms with van der Waals surface area (Å²) in [6, 6.07) is -0.181. The van der Waals surface area contributed by atoms with Crippen LogP contribution < -0.4 is 10.6 Å². The lowest BCUT2D eigenvalue weighted by Crippen LogP contribution is -2.50. The van der Waals surface area contributed by atoms with Gasteiger partial charge in [-0.15, -0.1) is 0 Å². The highest BCUT2D eigenvalue weighted by atomic mass is 16.5. The Morgan fingerprint density at radius 3 is 3.35 bits per heavy atom. The van der Waals surface area contributed by atoms with Gasteiger partial charge in [0.05, 0.1) is 30.4 Å². The Bertz CT molecular complexity index is 391. The van der Waals surface area contributed by atoms with Gasteiger partial charge < -0.3 is 15.0 Å². The van der Waals surface area contributed by atoms with Gasteiger partial charge in [0.15, 0.2) is 0 Å². The summed E-state index contributed by atoms with van der Waals surface area (Å²) in [5, 5.41) is 6.09. The Hall–Kier alpha value is -1.40. The number of carbonyl (C=O) groups is 1. The van der Waals surface area contributed by atoms with E-state index in [2.05, 4.69) is 20.6 Å². The Morgan fingerprint density at radius 1 is 1.76 bits per heavy atom. The number of aromatic nitrogens is 2. The van der Waals surface area contributed by atoms with Crippen LogP contribution in [0.15, 0.2) is 6.33 Å². The van der Waals surface area contributed by atoms with Gasteiger partial charge in [-0.25, -0.2) is 4.98 Å². The van der Waals surface area contributed by atoms with Gasteiger partial charge in [0.1, 0.15) is 0 Å². The van der Waals surface area contributed by atoms with Crippen LogP contribution in [0.1, 0.15) is 18.3 Å². The summed E-state index contributed by atoms with van der Waals surface area (Å²) in [4.78, 5) is 19.2. The predicted molar refractivity (Wildman–Crippen MR) is 62.4 cm³/mol. The van der Waals surface area contributed by atoms with Gasteiger partial charge in [-0.05, 0) is 6.92 Å². The van der Waals surface area contributed by atoms with Crippen molar-refractivity contribution in [2.75, 3.05) is 13.7 Å². The second-order valence-electron chi connectivity index (χ2n) is 4.33. The summed E-state index contributed by atoms with van der Waals surface area (Å²) < 4.78 is 4.98. The Morgan fingerprint density at radius 2 is 2.59 bits per heavy atom. The van der Waals surface area contributed by atoms with Gasteiger partial charge in [-0.1, -0.05) is 0 Å². The number of ether oxygens (including phenoxy) is 1. The van der Waals surface area contributed by atoms with Gasteiger partial charge in [0.25, 0.3) is 0 Å². The SMILES string of the molecule is COCC(C)NC(=O)C1Cc2nc[nH]c2CN1. The smallest absolute Gasteiger partial charge is 0.237 e. The molecule has 0 fully saturated rings. The standard InChI is InChI=1S/C11H18N4O2/c1-7(5-17-2)15-11(16)9-3-8-10(4-12-9)14-6-13-8/h6-7,9,12H,3-5H2,1-2H3,(H,13,14)(H,15,16). The second kappa shape index (κ2) is 5.29. The molecule has 6 nitrogen and oxygen atoms in total. The lowest BCUT2D eigenvalue weighted by atomic mass is 10.0. The molecule has 2 unspecified atom stereocenters. The lowest BCUT2D eigenvalue weighted by Gasteiger charge is -2.24. The minimum Gasteiger partial charge on any atom is -0.383 e. The van der Waals surface area contributed by atoms with E-state index in [-0.39, 0.29) is 18.0 Å². The molecule has 0 bridgehead atoms. The summed E-state index contributed by atoms with van der Waals surface area (Å²) in [7, 11) is 1.62. The van der Waals surface area contributed by atoms with Crippen molar-refractivity contribution in [1.82, 2.24) is 20.6 Å². The van der Waals surface area contributed by atoms with E-state index in [1.807, 2.05) is 6.92 Å². The zero-order valence-corrected chi connectivity index (χ0v) is 10.1. The topological polar surface area (TPSA) is 79.0 Å². The van der Waals surface area contributed by atoms with E-state index in [0.29, 0.717) is 19.6 Å². The van der Waals surface area contributed by atoms with Crippen molar-refractivity contribution in [2.45, 2.75) is 32.0 Å². The number of carbonyl (C=O) groups excluding carboxylic acids is 1. The quantitative estimate of drug-likeness (QED) is 0.665. The van der Waals surface area contributed by atoms with Gasteiger partial charge >= 0.3 is 0 Å². The highest BCUT2D eigenvalue weighted by Gasteiger charge is 2.26. The molecule has 17 heavy (non-hydrogen) atoms. The molecule has 1 amide bonds. The minimum atomic E-state index is -0.204. The Labute approximate surface area is 100 Å². The highest BCUT2D eigenvalue weighted by Crippen LogP contribution is 2.12. The average molecular weight is 238 g/mol. The van der Waals surface area contributed by atoms with Crippen LogP contribution in [0, 0.1) is 0 Å². The monoisotopic (exact) mass is 238 g/mol. The summed E-state index contributed by atoms with van der Waals surface area (Å²) >= 11 is 0. The summed E-state index contributed by atoms with van der Waals surface area (Å²) in [5.41, 5.74) is 2.04. The molecule has 1 aromatic heterocycles. The molecule has 0 aliphatic carbocycles. The molecule has 2 atom stereocenters. The van der Waals surface area contributed by atoms with Crippen LogP contribution in [-0.4, -0.2) is 41.7 Å². The number of hydrogen-bond donors (Lipinski definition) is 3. The fraction of sp³-hybridized carbons (Fsp3) is 0.636. The van der Waals surface area contributed by atoms with E-state index in [1.165, 1.54) is 0 Å². The fourth-order valence-electron chi connectivity index (χ4n) is 1.99. The zero-order chi connectivity index (χ0) is 12.3. The molecule has 0 radical (unpaired) electrons. The molecule has 0 aromatic carbocycles. The Balaban J connectivity index is 1.90. The van der Waals surface area contributed by atoms with Crippen LogP contribution in [0.4, 0.5) is 0 Å². The highest BCUT2D eigenvalue weighted by molar-refractivity contribution is 5.82. The van der Waals surface area contributed by atoms with Crippen LogP contribution in [0.3, 0.4) is 0 Å². The van der Waals surface area contributed by atoms with E-state index in [0.717, 1.165) is 11.4 Å². The number of aromatic amines is 1. The second-order valence-corrected chi connectivity index (χ2v) is 4.33. The molecule has 6 heteroatoms. The minimum absolute atomic E-state index is 0.00296. The van der Waals surface area contributed by atoms with Gasteiger partial charge in [0, 0.05) is 26.1 Å². The first-order chi connectivity index (χ1) is 8.20. The first kappa shape index (κ1) is 12.1. The van der Waals surface area contributed by atoms with Crippen LogP contribution in [0.2, 0.25) is 0 Å². The number of imidazole rings is 1. The number of amides is 1. The summed E-state index contributed by atoms with van der Waals surface area (Å²) in [6.45, 7) is 3.10. The number of hydrogen-bond acceptors (Lipinski definition) is 4. The summed E-state index contributed by atoms with van der Waals surface area (Å²) in [6.07, 6.45) is 2.30. The molecule has 94 valence electrons. The molecular formula is C11H18N4O2. The van der Waals surface area contributed by atoms with Crippen LogP contribution in [0.25, 0.3) is 0 Å². The average Bonchev–Trinajstić information content (AvgIpc) is 2.75. The van der Waals surface area contributed by atoms with E-state index in [9.17, 15) is 4.79 Å². The van der Waals surface area contributed by atoms with Crippen LogP contribution in [-0.2, 0) is 22.5 Å². The van der Waals surface area contributed by atoms with Crippen LogP contribution in [0.5, 0.6) is 0 Å². The molecular weight excluding hydrogens is 220 g/mol. The first-order valence-electron chi connectivity index (χ1n) is 5.74. The van der Waals surface area contributed by atoms with E-state index >= 15 is 0 Å². The molecule has 0 saturated carbocycles.